The predicted molar refractivity (Wildman–Crippen MR) is 67.0 cm³/mol. The summed E-state index contributed by atoms with van der Waals surface area (Å²) in [5, 5.41) is 9.33. The van der Waals surface area contributed by atoms with Crippen molar-refractivity contribution in [2.24, 2.45) is 0 Å². The molecule has 0 fully saturated rings. The summed E-state index contributed by atoms with van der Waals surface area (Å²) >= 11 is 0. The first-order chi connectivity index (χ1) is 7.75. The van der Waals surface area contributed by atoms with Gasteiger partial charge in [0.1, 0.15) is 5.75 Å². The molecule has 0 aromatic heterocycles. The van der Waals surface area contributed by atoms with Crippen LogP contribution in [0.5, 0.6) is 5.75 Å². The van der Waals surface area contributed by atoms with Gasteiger partial charge in [-0.05, 0) is 30.0 Å². The van der Waals surface area contributed by atoms with E-state index in [1.54, 1.807) is 12.1 Å². The number of likely N-dealkylation sites (N-methyl/N-ethyl adjacent to an activating group) is 1. The number of allylic oxidation sites excluding steroid dienone is 2. The molecular weight excluding hydrogens is 198 g/mol. The quantitative estimate of drug-likeness (QED) is 0.816. The van der Waals surface area contributed by atoms with Crippen molar-refractivity contribution in [3.63, 3.8) is 0 Å². The molecule has 1 aromatic carbocycles. The lowest BCUT2D eigenvalue weighted by molar-refractivity contribution is 0.434. The van der Waals surface area contributed by atoms with Gasteiger partial charge < -0.3 is 10.0 Å². The zero-order valence-electron chi connectivity index (χ0n) is 9.25. The van der Waals surface area contributed by atoms with E-state index in [1.807, 2.05) is 43.6 Å². The maximum absolute atomic E-state index is 9.33. The fourth-order valence-electron chi connectivity index (χ4n) is 1.64. The first-order valence-electron chi connectivity index (χ1n) is 5.30. The van der Waals surface area contributed by atoms with E-state index < -0.39 is 0 Å². The number of benzene rings is 1. The number of hydrogen-bond donors (Lipinski definition) is 1. The third-order valence-electron chi connectivity index (χ3n) is 2.57. The molecule has 16 heavy (non-hydrogen) atoms. The largest absolute Gasteiger partial charge is 0.508 e. The second kappa shape index (κ2) is 4.71. The Morgan fingerprint density at radius 3 is 2.94 bits per heavy atom. The standard InChI is InChI=1S/C14H15NO/c1-15-10-3-2-6-13(15)9-8-12-5-4-7-14(16)11-12/h2-11,13,16H,1H3/b9-8+. The molecule has 1 aliphatic rings. The minimum atomic E-state index is 0.285. The number of nitrogens with zero attached hydrogens (tertiary/aromatic N) is 1. The van der Waals surface area contributed by atoms with Crippen LogP contribution in [0, 0.1) is 0 Å². The smallest absolute Gasteiger partial charge is 0.116 e. The van der Waals surface area contributed by atoms with Gasteiger partial charge in [0.25, 0.3) is 0 Å². The minimum absolute atomic E-state index is 0.285. The van der Waals surface area contributed by atoms with Crippen molar-refractivity contribution in [3.05, 3.63) is 60.3 Å². The average molecular weight is 213 g/mol. The van der Waals surface area contributed by atoms with Crippen LogP contribution in [-0.2, 0) is 0 Å². The third kappa shape index (κ3) is 2.54. The molecule has 1 unspecified atom stereocenters. The molecule has 1 aliphatic heterocycles. The normalized spacial score (nSPS) is 19.6. The lowest BCUT2D eigenvalue weighted by Gasteiger charge is -2.23. The van der Waals surface area contributed by atoms with Crippen LogP contribution < -0.4 is 0 Å². The highest BCUT2D eigenvalue weighted by atomic mass is 16.3. The second-order valence-corrected chi connectivity index (χ2v) is 3.84. The van der Waals surface area contributed by atoms with Crippen molar-refractivity contribution < 1.29 is 5.11 Å². The Morgan fingerprint density at radius 2 is 2.19 bits per heavy atom. The molecule has 2 nitrogen and oxygen atoms in total. The molecule has 1 aromatic rings. The van der Waals surface area contributed by atoms with Gasteiger partial charge in [0.05, 0.1) is 6.04 Å². The van der Waals surface area contributed by atoms with Crippen LogP contribution in [0.25, 0.3) is 6.08 Å². The third-order valence-corrected chi connectivity index (χ3v) is 2.57. The Kier molecular flexibility index (Phi) is 3.10. The number of aromatic hydroxyl groups is 1. The number of phenolic OH excluding ortho intramolecular Hbond substituents is 1. The van der Waals surface area contributed by atoms with E-state index in [9.17, 15) is 5.11 Å². The van der Waals surface area contributed by atoms with E-state index in [0.717, 1.165) is 5.56 Å². The lowest BCUT2D eigenvalue weighted by Crippen LogP contribution is -2.24. The SMILES string of the molecule is CN1C=CC=CC1/C=C/c1cccc(O)c1. The fraction of sp³-hybridized carbons (Fsp3) is 0.143. The molecule has 0 saturated carbocycles. The fourth-order valence-corrected chi connectivity index (χ4v) is 1.64. The molecule has 0 spiro atoms. The first kappa shape index (κ1) is 10.6. The molecule has 0 saturated heterocycles. The highest BCUT2D eigenvalue weighted by Crippen LogP contribution is 2.14. The summed E-state index contributed by atoms with van der Waals surface area (Å²) in [7, 11) is 2.04. The van der Waals surface area contributed by atoms with Crippen LogP contribution in [0.2, 0.25) is 0 Å². The lowest BCUT2D eigenvalue weighted by atomic mass is 10.1. The number of hydrogen-bond acceptors (Lipinski definition) is 2. The summed E-state index contributed by atoms with van der Waals surface area (Å²) < 4.78 is 0. The van der Waals surface area contributed by atoms with Gasteiger partial charge in [-0.3, -0.25) is 0 Å². The number of phenols is 1. The van der Waals surface area contributed by atoms with E-state index in [2.05, 4.69) is 17.1 Å². The zero-order valence-corrected chi connectivity index (χ0v) is 9.25. The summed E-state index contributed by atoms with van der Waals surface area (Å²) in [6, 6.07) is 7.52. The summed E-state index contributed by atoms with van der Waals surface area (Å²) in [6.07, 6.45) is 12.3. The highest BCUT2D eigenvalue weighted by molar-refractivity contribution is 5.52. The van der Waals surface area contributed by atoms with Crippen LogP contribution >= 0.6 is 0 Å². The Bertz CT molecular complexity index is 446. The average Bonchev–Trinajstić information content (AvgIpc) is 2.28. The van der Waals surface area contributed by atoms with Crippen molar-refractivity contribution in [3.8, 4) is 5.75 Å². The van der Waals surface area contributed by atoms with Gasteiger partial charge in [0.2, 0.25) is 0 Å². The van der Waals surface area contributed by atoms with Gasteiger partial charge in [-0.25, -0.2) is 0 Å². The minimum Gasteiger partial charge on any atom is -0.508 e. The van der Waals surface area contributed by atoms with Crippen LogP contribution in [0.3, 0.4) is 0 Å². The molecule has 0 aliphatic carbocycles. The molecular formula is C14H15NO. The second-order valence-electron chi connectivity index (χ2n) is 3.84. The van der Waals surface area contributed by atoms with Crippen molar-refractivity contribution in [2.75, 3.05) is 7.05 Å². The van der Waals surface area contributed by atoms with E-state index in [-0.39, 0.29) is 6.04 Å². The summed E-state index contributed by atoms with van der Waals surface area (Å²) in [6.45, 7) is 0. The maximum atomic E-state index is 9.33. The van der Waals surface area contributed by atoms with Crippen molar-refractivity contribution >= 4 is 6.08 Å². The van der Waals surface area contributed by atoms with Crippen molar-refractivity contribution in [1.82, 2.24) is 4.90 Å². The molecule has 0 bridgehead atoms. The van der Waals surface area contributed by atoms with Gasteiger partial charge in [0, 0.05) is 7.05 Å². The van der Waals surface area contributed by atoms with E-state index in [4.69, 9.17) is 0 Å². The van der Waals surface area contributed by atoms with Crippen LogP contribution in [-0.4, -0.2) is 23.1 Å². The molecule has 2 heteroatoms. The van der Waals surface area contributed by atoms with Crippen molar-refractivity contribution in [1.29, 1.82) is 0 Å². The topological polar surface area (TPSA) is 23.5 Å². The maximum Gasteiger partial charge on any atom is 0.116 e. The molecule has 1 N–H and O–H groups in total. The monoisotopic (exact) mass is 213 g/mol. The predicted octanol–water partition coefficient (Wildman–Crippen LogP) is 2.79. The first-order valence-corrected chi connectivity index (χ1v) is 5.30. The summed E-state index contributed by atoms with van der Waals surface area (Å²) in [4.78, 5) is 2.12. The molecule has 0 amide bonds. The van der Waals surface area contributed by atoms with Crippen LogP contribution in [0.4, 0.5) is 0 Å². The van der Waals surface area contributed by atoms with E-state index in [0.29, 0.717) is 5.75 Å². The van der Waals surface area contributed by atoms with Crippen LogP contribution in [0.1, 0.15) is 5.56 Å². The van der Waals surface area contributed by atoms with Crippen LogP contribution in [0.15, 0.2) is 54.8 Å². The summed E-state index contributed by atoms with van der Waals surface area (Å²) in [5.74, 6) is 0.301. The van der Waals surface area contributed by atoms with Gasteiger partial charge in [0.15, 0.2) is 0 Å². The van der Waals surface area contributed by atoms with Gasteiger partial charge >= 0.3 is 0 Å². The van der Waals surface area contributed by atoms with E-state index >= 15 is 0 Å². The van der Waals surface area contributed by atoms with Gasteiger partial charge in [-0.1, -0.05) is 36.4 Å². The number of rotatable bonds is 2. The molecule has 0 radical (unpaired) electrons. The molecule has 1 atom stereocenters. The van der Waals surface area contributed by atoms with Crippen molar-refractivity contribution in [2.45, 2.75) is 6.04 Å². The Hall–Kier alpha value is -1.96. The Balaban J connectivity index is 2.09. The van der Waals surface area contributed by atoms with E-state index in [1.165, 1.54) is 0 Å². The summed E-state index contributed by atoms with van der Waals surface area (Å²) in [5.41, 5.74) is 1.01. The molecule has 1 heterocycles. The molecule has 82 valence electrons. The Labute approximate surface area is 95.8 Å². The molecule has 2 rings (SSSR count). The highest BCUT2D eigenvalue weighted by Gasteiger charge is 2.05. The van der Waals surface area contributed by atoms with Gasteiger partial charge in [-0.2, -0.15) is 0 Å². The Morgan fingerprint density at radius 1 is 1.31 bits per heavy atom. The zero-order chi connectivity index (χ0) is 11.4. The van der Waals surface area contributed by atoms with Gasteiger partial charge in [-0.15, -0.1) is 0 Å².